The molecule has 0 aliphatic carbocycles. The van der Waals surface area contributed by atoms with Crippen LogP contribution in [-0.4, -0.2) is 64.8 Å². The second-order valence-corrected chi connectivity index (χ2v) is 7.47. The fourth-order valence-corrected chi connectivity index (χ4v) is 3.70. The highest BCUT2D eigenvalue weighted by molar-refractivity contribution is 6.07. The van der Waals surface area contributed by atoms with Crippen LogP contribution in [0, 0.1) is 0 Å². The van der Waals surface area contributed by atoms with Crippen LogP contribution in [0.5, 0.6) is 0 Å². The Bertz CT molecular complexity index is 812. The first kappa shape index (κ1) is 19.3. The molecule has 1 aromatic heterocycles. The zero-order chi connectivity index (χ0) is 19.4. The Morgan fingerprint density at radius 2 is 1.96 bits per heavy atom. The minimum absolute atomic E-state index is 0.0584. The molecule has 3 rings (SSSR count). The molecule has 1 aliphatic heterocycles. The van der Waals surface area contributed by atoms with Crippen molar-refractivity contribution in [2.45, 2.75) is 32.2 Å². The number of amides is 1. The maximum atomic E-state index is 13.1. The predicted octanol–water partition coefficient (Wildman–Crippen LogP) is 2.67. The molecule has 0 radical (unpaired) electrons. The van der Waals surface area contributed by atoms with Gasteiger partial charge in [0.25, 0.3) is 5.91 Å². The summed E-state index contributed by atoms with van der Waals surface area (Å²) in [6.45, 7) is 4.71. The van der Waals surface area contributed by atoms with Gasteiger partial charge in [-0.1, -0.05) is 18.2 Å². The van der Waals surface area contributed by atoms with Crippen LogP contribution < -0.4 is 0 Å². The zero-order valence-electron chi connectivity index (χ0n) is 16.4. The number of nitrogens with zero attached hydrogens (tertiary/aromatic N) is 4. The maximum absolute atomic E-state index is 13.1. The van der Waals surface area contributed by atoms with Crippen molar-refractivity contribution in [1.29, 1.82) is 0 Å². The van der Waals surface area contributed by atoms with Crippen LogP contribution in [0.1, 0.15) is 52.2 Å². The number of Topliss-reactive ketones (excluding diaryl/α,β-unsaturated/α-hetero) is 1. The first-order chi connectivity index (χ1) is 13.0. The molecule has 1 atom stereocenters. The summed E-state index contributed by atoms with van der Waals surface area (Å²) in [7, 11) is 4.12. The molecule has 1 fully saturated rings. The number of carbonyl (C=O) groups is 2. The van der Waals surface area contributed by atoms with Gasteiger partial charge in [-0.15, -0.1) is 0 Å². The molecule has 0 spiro atoms. The summed E-state index contributed by atoms with van der Waals surface area (Å²) in [5.41, 5.74) is 0.999. The summed E-state index contributed by atoms with van der Waals surface area (Å²) < 4.78 is 2.20. The predicted molar refractivity (Wildman–Crippen MR) is 105 cm³/mol. The number of hydrogen-bond acceptors (Lipinski definition) is 4. The molecule has 2 aromatic rings. The van der Waals surface area contributed by atoms with Gasteiger partial charge in [0.2, 0.25) is 0 Å². The van der Waals surface area contributed by atoms with Crippen LogP contribution in [0.15, 0.2) is 36.7 Å². The minimum atomic E-state index is -0.0771. The molecular weight excluding hydrogens is 340 g/mol. The van der Waals surface area contributed by atoms with Crippen molar-refractivity contribution in [3.8, 4) is 0 Å². The maximum Gasteiger partial charge on any atom is 0.254 e. The normalized spacial score (nSPS) is 17.3. The summed E-state index contributed by atoms with van der Waals surface area (Å²) >= 11 is 0. The summed E-state index contributed by atoms with van der Waals surface area (Å²) in [5.74, 6) is 1.14. The fourth-order valence-electron chi connectivity index (χ4n) is 3.70. The lowest BCUT2D eigenvalue weighted by molar-refractivity contribution is 0.0699. The fraction of sp³-hybridized carbons (Fsp3) is 0.476. The van der Waals surface area contributed by atoms with Gasteiger partial charge in [-0.25, -0.2) is 4.98 Å². The van der Waals surface area contributed by atoms with E-state index in [2.05, 4.69) is 28.5 Å². The molecule has 0 unspecified atom stereocenters. The summed E-state index contributed by atoms with van der Waals surface area (Å²) in [6.07, 6.45) is 5.83. The van der Waals surface area contributed by atoms with E-state index in [1.807, 2.05) is 23.4 Å². The largest absolute Gasteiger partial charge is 0.338 e. The Labute approximate surface area is 160 Å². The molecule has 6 heteroatoms. The van der Waals surface area contributed by atoms with Crippen LogP contribution >= 0.6 is 0 Å². The molecule has 1 saturated heterocycles. The summed E-state index contributed by atoms with van der Waals surface area (Å²) in [4.78, 5) is 33.6. The second kappa shape index (κ2) is 8.48. The van der Waals surface area contributed by atoms with Crippen molar-refractivity contribution in [1.82, 2.24) is 19.4 Å². The van der Waals surface area contributed by atoms with Crippen LogP contribution in [0.4, 0.5) is 0 Å². The van der Waals surface area contributed by atoms with E-state index in [-0.39, 0.29) is 17.6 Å². The molecule has 144 valence electrons. The van der Waals surface area contributed by atoms with Crippen molar-refractivity contribution in [2.24, 2.45) is 0 Å². The lowest BCUT2D eigenvalue weighted by Gasteiger charge is -2.33. The van der Waals surface area contributed by atoms with Gasteiger partial charge in [-0.05, 0) is 39.9 Å². The molecule has 0 saturated carbocycles. The van der Waals surface area contributed by atoms with Crippen molar-refractivity contribution < 1.29 is 9.59 Å². The minimum Gasteiger partial charge on any atom is -0.338 e. The van der Waals surface area contributed by atoms with Gasteiger partial charge in [0.1, 0.15) is 5.82 Å². The van der Waals surface area contributed by atoms with Crippen LogP contribution in [-0.2, 0) is 6.54 Å². The number of likely N-dealkylation sites (tertiary alicyclic amines) is 1. The number of aromatic nitrogens is 2. The van der Waals surface area contributed by atoms with E-state index in [9.17, 15) is 9.59 Å². The molecule has 27 heavy (non-hydrogen) atoms. The van der Waals surface area contributed by atoms with Crippen molar-refractivity contribution in [3.63, 3.8) is 0 Å². The zero-order valence-corrected chi connectivity index (χ0v) is 16.4. The Morgan fingerprint density at radius 1 is 1.22 bits per heavy atom. The molecular formula is C21H28N4O2. The van der Waals surface area contributed by atoms with Crippen molar-refractivity contribution in [2.75, 3.05) is 33.7 Å². The third-order valence-electron chi connectivity index (χ3n) is 5.15. The Kier molecular flexibility index (Phi) is 6.06. The molecule has 6 nitrogen and oxygen atoms in total. The summed E-state index contributed by atoms with van der Waals surface area (Å²) in [5, 5.41) is 0. The standard InChI is InChI=1S/C21H28N4O2/c1-16(26)18-8-4-5-9-19(18)21(27)25-11-6-7-17(15-25)20-22-10-12-24(20)14-13-23(2)3/h4-5,8-10,12,17H,6-7,11,13-15H2,1-3H3/t17-/m0/s1. The first-order valence-corrected chi connectivity index (χ1v) is 9.52. The number of piperidine rings is 1. The highest BCUT2D eigenvalue weighted by Crippen LogP contribution is 2.27. The highest BCUT2D eigenvalue weighted by atomic mass is 16.2. The number of imidazole rings is 1. The number of carbonyl (C=O) groups excluding carboxylic acids is 2. The van der Waals surface area contributed by atoms with Crippen LogP contribution in [0.2, 0.25) is 0 Å². The highest BCUT2D eigenvalue weighted by Gasteiger charge is 2.29. The Balaban J connectivity index is 1.76. The van der Waals surface area contributed by atoms with Crippen molar-refractivity contribution >= 4 is 11.7 Å². The number of rotatable bonds is 6. The first-order valence-electron chi connectivity index (χ1n) is 9.52. The smallest absolute Gasteiger partial charge is 0.254 e. The van der Waals surface area contributed by atoms with Gasteiger partial charge in [-0.2, -0.15) is 0 Å². The van der Waals surface area contributed by atoms with Gasteiger partial charge in [0, 0.05) is 50.1 Å². The van der Waals surface area contributed by atoms with E-state index >= 15 is 0 Å². The number of benzene rings is 1. The third-order valence-corrected chi connectivity index (χ3v) is 5.15. The molecule has 1 aliphatic rings. The van der Waals surface area contributed by atoms with E-state index in [0.29, 0.717) is 17.7 Å². The van der Waals surface area contributed by atoms with E-state index in [1.165, 1.54) is 6.92 Å². The molecule has 1 amide bonds. The Morgan fingerprint density at radius 3 is 2.67 bits per heavy atom. The summed E-state index contributed by atoms with van der Waals surface area (Å²) in [6, 6.07) is 7.09. The van der Waals surface area contributed by atoms with E-state index < -0.39 is 0 Å². The molecule has 0 bridgehead atoms. The quantitative estimate of drug-likeness (QED) is 0.736. The third kappa shape index (κ3) is 4.45. The van der Waals surface area contributed by atoms with Gasteiger partial charge < -0.3 is 14.4 Å². The number of ketones is 1. The SMILES string of the molecule is CC(=O)c1ccccc1C(=O)N1CCC[C@H](c2nccn2CCN(C)C)C1. The van der Waals surface area contributed by atoms with Gasteiger partial charge in [-0.3, -0.25) is 9.59 Å². The lowest BCUT2D eigenvalue weighted by Crippen LogP contribution is -2.40. The van der Waals surface area contributed by atoms with Crippen molar-refractivity contribution in [3.05, 3.63) is 53.6 Å². The monoisotopic (exact) mass is 368 g/mol. The van der Waals surface area contributed by atoms with Crippen LogP contribution in [0.25, 0.3) is 0 Å². The molecule has 0 N–H and O–H groups in total. The van der Waals surface area contributed by atoms with Gasteiger partial charge in [0.05, 0.1) is 5.56 Å². The van der Waals surface area contributed by atoms with Gasteiger partial charge in [0.15, 0.2) is 5.78 Å². The number of likely N-dealkylation sites (N-methyl/N-ethyl adjacent to an activating group) is 1. The average Bonchev–Trinajstić information content (AvgIpc) is 3.14. The molecule has 1 aromatic carbocycles. The van der Waals surface area contributed by atoms with E-state index in [0.717, 1.165) is 38.3 Å². The second-order valence-electron chi connectivity index (χ2n) is 7.47. The topological polar surface area (TPSA) is 58.4 Å². The lowest BCUT2D eigenvalue weighted by atomic mass is 9.95. The Hall–Kier alpha value is -2.47. The van der Waals surface area contributed by atoms with E-state index in [1.54, 1.807) is 18.2 Å². The van der Waals surface area contributed by atoms with Gasteiger partial charge >= 0.3 is 0 Å². The number of hydrogen-bond donors (Lipinski definition) is 0. The molecule has 2 heterocycles. The van der Waals surface area contributed by atoms with E-state index in [4.69, 9.17) is 0 Å². The van der Waals surface area contributed by atoms with Crippen LogP contribution in [0.3, 0.4) is 0 Å². The average molecular weight is 368 g/mol.